The van der Waals surface area contributed by atoms with Crippen LogP contribution in [-0.4, -0.2) is 25.6 Å². The second-order valence-corrected chi connectivity index (χ2v) is 5.04. The van der Waals surface area contributed by atoms with Crippen molar-refractivity contribution in [1.29, 1.82) is 0 Å². The number of fused-ring (bicyclic) bond motifs is 2. The summed E-state index contributed by atoms with van der Waals surface area (Å²) in [5.41, 5.74) is 2.25. The molecule has 2 nitrogen and oxygen atoms in total. The van der Waals surface area contributed by atoms with Crippen molar-refractivity contribution in [3.8, 4) is 0 Å². The zero-order valence-electron chi connectivity index (χ0n) is 9.22. The number of hydrogen-bond donors (Lipinski definition) is 0. The molecule has 1 aliphatic heterocycles. The fourth-order valence-corrected chi connectivity index (χ4v) is 3.09. The molecule has 2 heterocycles. The fraction of sp³-hybridized carbons (Fsp3) is 0.231. The van der Waals surface area contributed by atoms with Crippen molar-refractivity contribution in [3.63, 3.8) is 0 Å². The Morgan fingerprint density at radius 1 is 1.35 bits per heavy atom. The van der Waals surface area contributed by atoms with E-state index >= 15 is 0 Å². The van der Waals surface area contributed by atoms with Crippen LogP contribution in [0, 0.1) is 4.64 Å². The minimum atomic E-state index is 0.907. The average molecular weight is 306 g/mol. The van der Waals surface area contributed by atoms with Gasteiger partial charge < -0.3 is 0 Å². The van der Waals surface area contributed by atoms with E-state index in [1.165, 1.54) is 5.57 Å². The van der Waals surface area contributed by atoms with E-state index in [0.717, 1.165) is 40.8 Å². The van der Waals surface area contributed by atoms with Crippen molar-refractivity contribution in [2.45, 2.75) is 19.4 Å². The second kappa shape index (κ2) is 4.37. The molecule has 0 saturated heterocycles. The Morgan fingerprint density at radius 3 is 3.00 bits per heavy atom. The van der Waals surface area contributed by atoms with Crippen molar-refractivity contribution >= 4 is 44.7 Å². The summed E-state index contributed by atoms with van der Waals surface area (Å²) < 4.78 is 3.06. The molecule has 0 amide bonds. The molecular weight excluding hydrogens is 295 g/mol. The molecule has 0 N–H and O–H groups in total. The summed E-state index contributed by atoms with van der Waals surface area (Å²) in [7, 11) is 0. The number of hydrogen-bond acceptors (Lipinski definition) is 2. The molecule has 17 heavy (non-hydrogen) atoms. The molecular formula is C13H11N2SSe. The molecule has 3 rings (SSSR count). The number of nitrogens with zero attached hydrogens (tertiary/aromatic N) is 2. The molecule has 4 heteroatoms. The van der Waals surface area contributed by atoms with Crippen LogP contribution in [0.4, 0.5) is 0 Å². The topological polar surface area (TPSA) is 17.8 Å². The van der Waals surface area contributed by atoms with Crippen molar-refractivity contribution < 1.29 is 0 Å². The first kappa shape index (κ1) is 11.1. The van der Waals surface area contributed by atoms with Crippen LogP contribution < -0.4 is 0 Å². The van der Waals surface area contributed by atoms with E-state index in [0.29, 0.717) is 0 Å². The Hall–Kier alpha value is -0.961. The van der Waals surface area contributed by atoms with Crippen molar-refractivity contribution in [2.75, 3.05) is 0 Å². The quantitative estimate of drug-likeness (QED) is 0.550. The van der Waals surface area contributed by atoms with Gasteiger partial charge in [0.15, 0.2) is 0 Å². The summed E-state index contributed by atoms with van der Waals surface area (Å²) in [4.78, 5) is 6.77. The van der Waals surface area contributed by atoms with Crippen LogP contribution in [0.25, 0.3) is 16.5 Å². The summed E-state index contributed by atoms with van der Waals surface area (Å²) in [5.74, 6) is 1.03. The normalized spacial score (nSPS) is 17.3. The van der Waals surface area contributed by atoms with Crippen molar-refractivity contribution in [1.82, 2.24) is 9.55 Å². The number of allylic oxidation sites excluding steroid dienone is 1. The number of aromatic nitrogens is 2. The molecule has 85 valence electrons. The van der Waals surface area contributed by atoms with Gasteiger partial charge >= 0.3 is 113 Å². The summed E-state index contributed by atoms with van der Waals surface area (Å²) >= 11 is 8.54. The van der Waals surface area contributed by atoms with E-state index in [9.17, 15) is 0 Å². The first-order chi connectivity index (χ1) is 8.31. The van der Waals surface area contributed by atoms with Gasteiger partial charge in [-0.3, -0.25) is 0 Å². The van der Waals surface area contributed by atoms with Gasteiger partial charge in [0, 0.05) is 0 Å². The molecule has 1 aromatic heterocycles. The van der Waals surface area contributed by atoms with E-state index < -0.39 is 0 Å². The summed E-state index contributed by atoms with van der Waals surface area (Å²) in [5, 5.41) is 1.08. The molecule has 1 radical (unpaired) electrons. The predicted molar refractivity (Wildman–Crippen MR) is 73.5 cm³/mol. The maximum atomic E-state index is 5.57. The monoisotopic (exact) mass is 307 g/mol. The van der Waals surface area contributed by atoms with E-state index in [1.807, 2.05) is 29.2 Å². The summed E-state index contributed by atoms with van der Waals surface area (Å²) in [6.45, 7) is 0.976. The molecule has 0 atom stereocenters. The Balaban J connectivity index is 2.42. The van der Waals surface area contributed by atoms with Crippen LogP contribution in [-0.2, 0) is 6.54 Å². The maximum absolute atomic E-state index is 5.57. The van der Waals surface area contributed by atoms with Crippen LogP contribution in [0.3, 0.4) is 0 Å². The van der Waals surface area contributed by atoms with Gasteiger partial charge in [-0.2, -0.15) is 0 Å². The van der Waals surface area contributed by atoms with Gasteiger partial charge in [-0.1, -0.05) is 0 Å². The molecule has 0 spiro atoms. The van der Waals surface area contributed by atoms with Gasteiger partial charge in [0.1, 0.15) is 0 Å². The number of para-hydroxylation sites is 1. The SMILES string of the molecule is S=c1c2ccccc2nc2n1CCCC2=C[Se]. The Kier molecular flexibility index (Phi) is 2.87. The van der Waals surface area contributed by atoms with Crippen LogP contribution in [0.5, 0.6) is 0 Å². The fourth-order valence-electron chi connectivity index (χ4n) is 2.27. The van der Waals surface area contributed by atoms with Crippen molar-refractivity contribution in [3.05, 3.63) is 39.7 Å². The van der Waals surface area contributed by atoms with E-state index in [-0.39, 0.29) is 0 Å². The van der Waals surface area contributed by atoms with Gasteiger partial charge in [-0.15, -0.1) is 0 Å². The molecule has 1 aromatic carbocycles. The Labute approximate surface area is 113 Å². The van der Waals surface area contributed by atoms with Crippen molar-refractivity contribution in [2.24, 2.45) is 0 Å². The molecule has 2 aromatic rings. The molecule has 0 aliphatic carbocycles. The third kappa shape index (κ3) is 1.77. The zero-order chi connectivity index (χ0) is 11.8. The van der Waals surface area contributed by atoms with Gasteiger partial charge in [0.2, 0.25) is 0 Å². The van der Waals surface area contributed by atoms with Crippen LogP contribution in [0.15, 0.2) is 29.2 Å². The standard InChI is InChI=1S/C13H11N2SSe/c16-13-10-5-1-2-6-11(10)14-12-9(8-17)4-3-7-15(12)13/h1-2,5-6,8H,3-4,7H2. The number of rotatable bonds is 0. The Bertz CT molecular complexity index is 673. The summed E-state index contributed by atoms with van der Waals surface area (Å²) in [6, 6.07) is 8.09. The van der Waals surface area contributed by atoms with E-state index in [2.05, 4.69) is 20.6 Å². The predicted octanol–water partition coefficient (Wildman–Crippen LogP) is 3.07. The zero-order valence-corrected chi connectivity index (χ0v) is 11.7. The van der Waals surface area contributed by atoms with Gasteiger partial charge in [-0.05, 0) is 0 Å². The van der Waals surface area contributed by atoms with Crippen LogP contribution in [0.1, 0.15) is 18.7 Å². The minimum absolute atomic E-state index is 0.907. The van der Waals surface area contributed by atoms with E-state index in [4.69, 9.17) is 17.2 Å². The third-order valence-corrected chi connectivity index (χ3v) is 4.16. The second-order valence-electron chi connectivity index (χ2n) is 4.16. The first-order valence-electron chi connectivity index (χ1n) is 5.62. The molecule has 0 fully saturated rings. The van der Waals surface area contributed by atoms with E-state index in [1.54, 1.807) is 0 Å². The molecule has 1 aliphatic rings. The first-order valence-corrected chi connectivity index (χ1v) is 7.02. The van der Waals surface area contributed by atoms with Crippen LogP contribution >= 0.6 is 12.2 Å². The van der Waals surface area contributed by atoms with Crippen LogP contribution in [0.2, 0.25) is 0 Å². The Morgan fingerprint density at radius 2 is 2.18 bits per heavy atom. The average Bonchev–Trinajstić information content (AvgIpc) is 2.38. The molecule has 0 bridgehead atoms. The number of benzene rings is 1. The molecule has 0 saturated carbocycles. The van der Waals surface area contributed by atoms with Gasteiger partial charge in [-0.25, -0.2) is 0 Å². The van der Waals surface area contributed by atoms with Gasteiger partial charge in [0.05, 0.1) is 0 Å². The van der Waals surface area contributed by atoms with Gasteiger partial charge in [0.25, 0.3) is 0 Å². The summed E-state index contributed by atoms with van der Waals surface area (Å²) in [6.07, 6.45) is 2.21. The third-order valence-electron chi connectivity index (χ3n) is 3.12. The molecule has 0 unspecified atom stereocenters.